The Morgan fingerprint density at radius 1 is 1.15 bits per heavy atom. The number of H-pyrrole nitrogens is 1. The SMILES string of the molecule is Cc1[nH]c2c(C(=O)Nc3ccccn3)cccc2c1C. The molecule has 0 bridgehead atoms. The molecule has 1 amide bonds. The summed E-state index contributed by atoms with van der Waals surface area (Å²) in [5.41, 5.74) is 3.76. The standard InChI is InChI=1S/C16H15N3O/c1-10-11(2)18-15-12(10)6-5-7-13(15)16(20)19-14-8-3-4-9-17-14/h3-9,18H,1-2H3,(H,17,19,20). The number of carbonyl (C=O) groups excluding carboxylic acids is 1. The van der Waals surface area contributed by atoms with E-state index in [0.717, 1.165) is 16.6 Å². The van der Waals surface area contributed by atoms with E-state index in [-0.39, 0.29) is 5.91 Å². The summed E-state index contributed by atoms with van der Waals surface area (Å²) in [4.78, 5) is 19.8. The maximum Gasteiger partial charge on any atom is 0.258 e. The van der Waals surface area contributed by atoms with Crippen LogP contribution < -0.4 is 5.32 Å². The number of para-hydroxylation sites is 1. The lowest BCUT2D eigenvalue weighted by molar-refractivity contribution is 0.102. The fourth-order valence-electron chi connectivity index (χ4n) is 2.29. The largest absolute Gasteiger partial charge is 0.358 e. The predicted octanol–water partition coefficient (Wildman–Crippen LogP) is 3.43. The van der Waals surface area contributed by atoms with Crippen molar-refractivity contribution in [2.45, 2.75) is 13.8 Å². The summed E-state index contributed by atoms with van der Waals surface area (Å²) in [6.07, 6.45) is 1.65. The number of rotatable bonds is 2. The molecule has 0 radical (unpaired) electrons. The van der Waals surface area contributed by atoms with Gasteiger partial charge >= 0.3 is 0 Å². The van der Waals surface area contributed by atoms with Gasteiger partial charge in [0.05, 0.1) is 11.1 Å². The van der Waals surface area contributed by atoms with Crippen LogP contribution in [0.25, 0.3) is 10.9 Å². The van der Waals surface area contributed by atoms with Crippen molar-refractivity contribution < 1.29 is 4.79 Å². The molecule has 0 aliphatic rings. The molecule has 1 aromatic carbocycles. The molecule has 3 aromatic rings. The van der Waals surface area contributed by atoms with E-state index in [4.69, 9.17) is 0 Å². The summed E-state index contributed by atoms with van der Waals surface area (Å²) in [5.74, 6) is 0.394. The van der Waals surface area contributed by atoms with Crippen LogP contribution in [0.5, 0.6) is 0 Å². The molecule has 4 heteroatoms. The van der Waals surface area contributed by atoms with Crippen LogP contribution in [-0.2, 0) is 0 Å². The molecule has 2 heterocycles. The monoisotopic (exact) mass is 265 g/mol. The van der Waals surface area contributed by atoms with Gasteiger partial charge in [0.25, 0.3) is 5.91 Å². The lowest BCUT2D eigenvalue weighted by Crippen LogP contribution is -2.13. The number of amides is 1. The number of carbonyl (C=O) groups is 1. The molecule has 0 spiro atoms. The minimum Gasteiger partial charge on any atom is -0.358 e. The zero-order chi connectivity index (χ0) is 14.1. The quantitative estimate of drug-likeness (QED) is 0.745. The number of aromatic amines is 1. The molecule has 3 rings (SSSR count). The number of hydrogen-bond acceptors (Lipinski definition) is 2. The van der Waals surface area contributed by atoms with Crippen LogP contribution in [0.2, 0.25) is 0 Å². The second-order valence-electron chi connectivity index (χ2n) is 4.77. The molecule has 100 valence electrons. The van der Waals surface area contributed by atoms with Crippen LogP contribution in [-0.4, -0.2) is 15.9 Å². The van der Waals surface area contributed by atoms with E-state index in [1.807, 2.05) is 37.3 Å². The smallest absolute Gasteiger partial charge is 0.258 e. The van der Waals surface area contributed by atoms with Crippen molar-refractivity contribution in [3.63, 3.8) is 0 Å². The van der Waals surface area contributed by atoms with Crippen LogP contribution in [0.4, 0.5) is 5.82 Å². The van der Waals surface area contributed by atoms with E-state index in [0.29, 0.717) is 11.4 Å². The van der Waals surface area contributed by atoms with E-state index in [2.05, 4.69) is 22.2 Å². The Bertz CT molecular complexity index is 775. The zero-order valence-electron chi connectivity index (χ0n) is 11.4. The van der Waals surface area contributed by atoms with Gasteiger partial charge in [0, 0.05) is 17.3 Å². The first kappa shape index (κ1) is 12.4. The van der Waals surface area contributed by atoms with Crippen LogP contribution in [0.1, 0.15) is 21.6 Å². The lowest BCUT2D eigenvalue weighted by Gasteiger charge is -2.05. The maximum atomic E-state index is 12.4. The van der Waals surface area contributed by atoms with Crippen LogP contribution in [0, 0.1) is 13.8 Å². The van der Waals surface area contributed by atoms with E-state index >= 15 is 0 Å². The van der Waals surface area contributed by atoms with Gasteiger partial charge in [-0.05, 0) is 37.6 Å². The number of anilines is 1. The van der Waals surface area contributed by atoms with Crippen molar-refractivity contribution in [2.75, 3.05) is 5.32 Å². The van der Waals surface area contributed by atoms with Gasteiger partial charge in [-0.1, -0.05) is 18.2 Å². The predicted molar refractivity (Wildman–Crippen MR) is 80.0 cm³/mol. The summed E-state index contributed by atoms with van der Waals surface area (Å²) in [6.45, 7) is 4.06. The van der Waals surface area contributed by atoms with Gasteiger partial charge in [0.2, 0.25) is 0 Å². The average Bonchev–Trinajstić information content (AvgIpc) is 2.75. The molecule has 2 aromatic heterocycles. The summed E-state index contributed by atoms with van der Waals surface area (Å²) >= 11 is 0. The average molecular weight is 265 g/mol. The topological polar surface area (TPSA) is 57.8 Å². The fourth-order valence-corrected chi connectivity index (χ4v) is 2.29. The normalized spacial score (nSPS) is 10.7. The highest BCUT2D eigenvalue weighted by Crippen LogP contribution is 2.24. The third kappa shape index (κ3) is 2.05. The number of nitrogens with zero attached hydrogens (tertiary/aromatic N) is 1. The number of benzene rings is 1. The molecule has 4 nitrogen and oxygen atoms in total. The molecular weight excluding hydrogens is 250 g/mol. The first-order chi connectivity index (χ1) is 9.66. The van der Waals surface area contributed by atoms with Crippen molar-refractivity contribution in [2.24, 2.45) is 0 Å². The molecule has 0 fully saturated rings. The minimum atomic E-state index is -0.157. The highest BCUT2D eigenvalue weighted by atomic mass is 16.1. The van der Waals surface area contributed by atoms with E-state index < -0.39 is 0 Å². The Balaban J connectivity index is 2.02. The number of aromatic nitrogens is 2. The molecule has 0 aliphatic carbocycles. The van der Waals surface area contributed by atoms with Crippen molar-refractivity contribution in [3.8, 4) is 0 Å². The van der Waals surface area contributed by atoms with Gasteiger partial charge in [-0.2, -0.15) is 0 Å². The number of hydrogen-bond donors (Lipinski definition) is 2. The Hall–Kier alpha value is -2.62. The summed E-state index contributed by atoms with van der Waals surface area (Å²) in [5, 5.41) is 3.89. The highest BCUT2D eigenvalue weighted by Gasteiger charge is 2.14. The first-order valence-corrected chi connectivity index (χ1v) is 6.47. The van der Waals surface area contributed by atoms with E-state index in [9.17, 15) is 4.79 Å². The zero-order valence-corrected chi connectivity index (χ0v) is 11.4. The van der Waals surface area contributed by atoms with E-state index in [1.54, 1.807) is 12.3 Å². The van der Waals surface area contributed by atoms with Crippen molar-refractivity contribution in [1.82, 2.24) is 9.97 Å². The van der Waals surface area contributed by atoms with Gasteiger partial charge in [-0.3, -0.25) is 4.79 Å². The third-order valence-corrected chi connectivity index (χ3v) is 3.49. The summed E-state index contributed by atoms with van der Waals surface area (Å²) in [7, 11) is 0. The van der Waals surface area contributed by atoms with Gasteiger partial charge in [0.15, 0.2) is 0 Å². The molecular formula is C16H15N3O. The number of pyridine rings is 1. The van der Waals surface area contributed by atoms with Crippen LogP contribution >= 0.6 is 0 Å². The lowest BCUT2D eigenvalue weighted by atomic mass is 10.1. The van der Waals surface area contributed by atoms with Gasteiger partial charge in [0.1, 0.15) is 5.82 Å². The Morgan fingerprint density at radius 2 is 2.00 bits per heavy atom. The van der Waals surface area contributed by atoms with Crippen molar-refractivity contribution in [1.29, 1.82) is 0 Å². The number of nitrogens with one attached hydrogen (secondary N) is 2. The molecule has 2 N–H and O–H groups in total. The summed E-state index contributed by atoms with van der Waals surface area (Å²) in [6, 6.07) is 11.2. The van der Waals surface area contributed by atoms with E-state index in [1.165, 1.54) is 5.56 Å². The highest BCUT2D eigenvalue weighted by molar-refractivity contribution is 6.12. The molecule has 0 atom stereocenters. The Kier molecular flexibility index (Phi) is 2.99. The molecule has 0 aliphatic heterocycles. The Labute approximate surface area is 116 Å². The fraction of sp³-hybridized carbons (Fsp3) is 0.125. The maximum absolute atomic E-state index is 12.4. The molecule has 0 unspecified atom stereocenters. The minimum absolute atomic E-state index is 0.157. The first-order valence-electron chi connectivity index (χ1n) is 6.47. The molecule has 0 saturated heterocycles. The van der Waals surface area contributed by atoms with Crippen molar-refractivity contribution in [3.05, 3.63) is 59.4 Å². The van der Waals surface area contributed by atoms with Gasteiger partial charge in [-0.25, -0.2) is 4.98 Å². The van der Waals surface area contributed by atoms with Crippen molar-refractivity contribution >= 4 is 22.6 Å². The van der Waals surface area contributed by atoms with Crippen LogP contribution in [0.3, 0.4) is 0 Å². The third-order valence-electron chi connectivity index (χ3n) is 3.49. The van der Waals surface area contributed by atoms with Gasteiger partial charge in [-0.15, -0.1) is 0 Å². The molecule has 20 heavy (non-hydrogen) atoms. The summed E-state index contributed by atoms with van der Waals surface area (Å²) < 4.78 is 0. The second kappa shape index (κ2) is 4.81. The number of fused-ring (bicyclic) bond motifs is 1. The Morgan fingerprint density at radius 3 is 2.75 bits per heavy atom. The van der Waals surface area contributed by atoms with Crippen LogP contribution in [0.15, 0.2) is 42.6 Å². The molecule has 0 saturated carbocycles. The number of aryl methyl sites for hydroxylation is 2. The van der Waals surface area contributed by atoms with Gasteiger partial charge < -0.3 is 10.3 Å². The second-order valence-corrected chi connectivity index (χ2v) is 4.77.